The zero-order valence-corrected chi connectivity index (χ0v) is 14.2. The van der Waals surface area contributed by atoms with Crippen molar-refractivity contribution in [3.05, 3.63) is 23.8 Å². The minimum atomic E-state index is -1.66. The summed E-state index contributed by atoms with van der Waals surface area (Å²) in [5.41, 5.74) is 0.949. The van der Waals surface area contributed by atoms with E-state index in [1.165, 1.54) is 6.92 Å². The van der Waals surface area contributed by atoms with E-state index in [0.29, 0.717) is 5.16 Å². The minimum Gasteiger partial charge on any atom is -0.463 e. The number of Topliss-reactive ketones (excluding diaryl/α,β-unsaturated/α-hetero) is 1. The molecule has 1 fully saturated rings. The van der Waals surface area contributed by atoms with Gasteiger partial charge in [0.25, 0.3) is 5.78 Å². The number of carbonyl (C=O) groups is 3. The highest BCUT2D eigenvalue weighted by atomic mass is 32.2. The van der Waals surface area contributed by atoms with Crippen LogP contribution in [0.3, 0.4) is 0 Å². The lowest BCUT2D eigenvalue weighted by Gasteiger charge is -2.24. The van der Waals surface area contributed by atoms with Crippen molar-refractivity contribution in [3.8, 4) is 0 Å². The molecule has 126 valence electrons. The van der Waals surface area contributed by atoms with Crippen LogP contribution in [-0.4, -0.2) is 45.1 Å². The van der Waals surface area contributed by atoms with E-state index in [4.69, 9.17) is 9.47 Å². The number of rotatable bonds is 4. The predicted octanol–water partition coefficient (Wildman–Crippen LogP) is 1.78. The number of H-pyrrole nitrogens is 1. The van der Waals surface area contributed by atoms with Crippen molar-refractivity contribution >= 4 is 40.5 Å². The lowest BCUT2D eigenvalue weighted by Crippen LogP contribution is -2.45. The number of ketones is 1. The summed E-state index contributed by atoms with van der Waals surface area (Å²) in [6.45, 7) is 5.11. The molecular formula is C16H16N2O5S. The summed E-state index contributed by atoms with van der Waals surface area (Å²) in [6, 6.07) is 5.71. The Balaban J connectivity index is 1.93. The third-order valence-electron chi connectivity index (χ3n) is 3.77. The number of aromatic nitrogens is 2. The van der Waals surface area contributed by atoms with Gasteiger partial charge in [0.2, 0.25) is 5.60 Å². The standard InChI is InChI=1S/C16H16N2O5S/c1-4-22-14(21)16(3)12(11(19)13(20)23-16)24-15-17-9-6-5-8(2)7-10(9)18-15/h5-7,12H,4H2,1-3H3,(H,17,18). The van der Waals surface area contributed by atoms with E-state index < -0.39 is 28.6 Å². The van der Waals surface area contributed by atoms with Gasteiger partial charge >= 0.3 is 11.9 Å². The first-order chi connectivity index (χ1) is 11.3. The number of benzene rings is 1. The Morgan fingerprint density at radius 3 is 2.92 bits per heavy atom. The van der Waals surface area contributed by atoms with Crippen molar-refractivity contribution in [2.45, 2.75) is 36.8 Å². The molecule has 0 bridgehead atoms. The number of nitrogens with one attached hydrogen (secondary N) is 1. The first-order valence-electron chi connectivity index (χ1n) is 7.42. The van der Waals surface area contributed by atoms with Crippen LogP contribution in [0, 0.1) is 6.92 Å². The Labute approximate surface area is 142 Å². The van der Waals surface area contributed by atoms with Crippen molar-refractivity contribution < 1.29 is 23.9 Å². The third-order valence-corrected chi connectivity index (χ3v) is 5.09. The molecule has 1 aliphatic heterocycles. The quantitative estimate of drug-likeness (QED) is 0.664. The van der Waals surface area contributed by atoms with Crippen LogP contribution in [0.4, 0.5) is 0 Å². The molecule has 1 aromatic carbocycles. The van der Waals surface area contributed by atoms with Crippen LogP contribution in [0.5, 0.6) is 0 Å². The molecule has 0 spiro atoms. The number of ether oxygens (including phenoxy) is 2. The molecule has 3 rings (SSSR count). The third kappa shape index (κ3) is 2.66. The average molecular weight is 348 g/mol. The van der Waals surface area contributed by atoms with Gasteiger partial charge in [-0.1, -0.05) is 17.8 Å². The van der Waals surface area contributed by atoms with Crippen LogP contribution >= 0.6 is 11.8 Å². The summed E-state index contributed by atoms with van der Waals surface area (Å²) >= 11 is 0.993. The number of fused-ring (bicyclic) bond motifs is 1. The van der Waals surface area contributed by atoms with Gasteiger partial charge in [-0.2, -0.15) is 0 Å². The highest BCUT2D eigenvalue weighted by Crippen LogP contribution is 2.38. The van der Waals surface area contributed by atoms with Crippen molar-refractivity contribution in [2.75, 3.05) is 6.61 Å². The summed E-state index contributed by atoms with van der Waals surface area (Å²) in [6.07, 6.45) is 0. The number of carbonyl (C=O) groups excluding carboxylic acids is 3. The molecule has 2 aromatic rings. The van der Waals surface area contributed by atoms with Crippen molar-refractivity contribution in [1.29, 1.82) is 0 Å². The zero-order valence-electron chi connectivity index (χ0n) is 13.4. The van der Waals surface area contributed by atoms with E-state index in [-0.39, 0.29) is 6.61 Å². The normalized spacial score (nSPS) is 23.5. The van der Waals surface area contributed by atoms with Crippen LogP contribution in [0.2, 0.25) is 0 Å². The average Bonchev–Trinajstić information content (AvgIpc) is 3.02. The molecule has 7 nitrogen and oxygen atoms in total. The fourth-order valence-corrected chi connectivity index (χ4v) is 3.63. The molecule has 0 saturated carbocycles. The number of esters is 2. The SMILES string of the molecule is CCOC(=O)C1(C)OC(=O)C(=O)C1Sc1nc2ccc(C)cc2[nH]1. The Hall–Kier alpha value is -2.35. The predicted molar refractivity (Wildman–Crippen MR) is 86.6 cm³/mol. The van der Waals surface area contributed by atoms with Gasteiger partial charge in [-0.3, -0.25) is 4.79 Å². The molecule has 0 radical (unpaired) electrons. The van der Waals surface area contributed by atoms with E-state index >= 15 is 0 Å². The molecular weight excluding hydrogens is 332 g/mol. The highest BCUT2D eigenvalue weighted by Gasteiger charge is 2.59. The van der Waals surface area contributed by atoms with Crippen molar-refractivity contribution in [1.82, 2.24) is 9.97 Å². The molecule has 1 aromatic heterocycles. The smallest absolute Gasteiger partial charge is 0.377 e. The van der Waals surface area contributed by atoms with E-state index in [9.17, 15) is 14.4 Å². The van der Waals surface area contributed by atoms with Gasteiger partial charge in [0, 0.05) is 0 Å². The van der Waals surface area contributed by atoms with Crippen LogP contribution in [0.1, 0.15) is 19.4 Å². The fraction of sp³-hybridized carbons (Fsp3) is 0.375. The van der Waals surface area contributed by atoms with E-state index in [1.807, 2.05) is 25.1 Å². The molecule has 1 saturated heterocycles. The number of aromatic amines is 1. The van der Waals surface area contributed by atoms with Gasteiger partial charge < -0.3 is 14.5 Å². The van der Waals surface area contributed by atoms with Gasteiger partial charge in [0.15, 0.2) is 5.16 Å². The lowest BCUT2D eigenvalue weighted by atomic mass is 10.0. The van der Waals surface area contributed by atoms with E-state index in [1.54, 1.807) is 6.92 Å². The van der Waals surface area contributed by atoms with Crippen LogP contribution in [-0.2, 0) is 23.9 Å². The van der Waals surface area contributed by atoms with Crippen LogP contribution in [0.25, 0.3) is 11.0 Å². The number of nitrogens with zero attached hydrogens (tertiary/aromatic N) is 1. The summed E-state index contributed by atoms with van der Waals surface area (Å²) in [7, 11) is 0. The van der Waals surface area contributed by atoms with E-state index in [2.05, 4.69) is 9.97 Å². The fourth-order valence-electron chi connectivity index (χ4n) is 2.51. The second-order valence-corrected chi connectivity index (χ2v) is 6.74. The van der Waals surface area contributed by atoms with Gasteiger partial charge in [0.05, 0.1) is 17.6 Å². The maximum atomic E-state index is 12.2. The summed E-state index contributed by atoms with van der Waals surface area (Å²) in [5, 5.41) is -0.617. The Kier molecular flexibility index (Phi) is 4.08. The molecule has 2 heterocycles. The van der Waals surface area contributed by atoms with Crippen molar-refractivity contribution in [3.63, 3.8) is 0 Å². The Morgan fingerprint density at radius 1 is 1.46 bits per heavy atom. The van der Waals surface area contributed by atoms with E-state index in [0.717, 1.165) is 28.4 Å². The first-order valence-corrected chi connectivity index (χ1v) is 8.30. The van der Waals surface area contributed by atoms with Crippen molar-refractivity contribution in [2.24, 2.45) is 0 Å². The number of cyclic esters (lactones) is 1. The van der Waals surface area contributed by atoms with Crippen LogP contribution < -0.4 is 0 Å². The summed E-state index contributed by atoms with van der Waals surface area (Å²) in [5.74, 6) is -2.55. The number of aryl methyl sites for hydroxylation is 1. The molecule has 0 aliphatic carbocycles. The maximum absolute atomic E-state index is 12.2. The second kappa shape index (κ2) is 5.94. The molecule has 1 aliphatic rings. The number of hydrogen-bond donors (Lipinski definition) is 1. The minimum absolute atomic E-state index is 0.126. The largest absolute Gasteiger partial charge is 0.463 e. The summed E-state index contributed by atoms with van der Waals surface area (Å²) < 4.78 is 9.98. The maximum Gasteiger partial charge on any atom is 0.377 e. The zero-order chi connectivity index (χ0) is 17.5. The molecule has 1 N–H and O–H groups in total. The Bertz CT molecular complexity index is 846. The monoisotopic (exact) mass is 348 g/mol. The molecule has 2 unspecified atom stereocenters. The Morgan fingerprint density at radius 2 is 2.21 bits per heavy atom. The highest BCUT2D eigenvalue weighted by molar-refractivity contribution is 8.00. The van der Waals surface area contributed by atoms with Gasteiger partial charge in [0.1, 0.15) is 5.25 Å². The summed E-state index contributed by atoms with van der Waals surface area (Å²) in [4.78, 5) is 43.5. The number of imidazole rings is 1. The number of hydrogen-bond acceptors (Lipinski definition) is 7. The van der Waals surface area contributed by atoms with Gasteiger partial charge in [-0.05, 0) is 38.5 Å². The molecule has 8 heteroatoms. The molecule has 2 atom stereocenters. The lowest BCUT2D eigenvalue weighted by molar-refractivity contribution is -0.171. The second-order valence-electron chi connectivity index (χ2n) is 5.64. The van der Waals surface area contributed by atoms with Gasteiger partial charge in [-0.25, -0.2) is 14.6 Å². The topological polar surface area (TPSA) is 98.3 Å². The van der Waals surface area contributed by atoms with Crippen LogP contribution in [0.15, 0.2) is 23.4 Å². The molecule has 0 amide bonds. The first kappa shape index (κ1) is 16.5. The molecule has 24 heavy (non-hydrogen) atoms. The van der Waals surface area contributed by atoms with Gasteiger partial charge in [-0.15, -0.1) is 0 Å². The number of thioether (sulfide) groups is 1.